The Hall–Kier alpha value is -3.20. The summed E-state index contributed by atoms with van der Waals surface area (Å²) >= 11 is 0. The highest BCUT2D eigenvalue weighted by Crippen LogP contribution is 2.24. The highest BCUT2D eigenvalue weighted by molar-refractivity contribution is 5.84. The topological polar surface area (TPSA) is 128 Å². The molecule has 1 aromatic carbocycles. The monoisotopic (exact) mass is 458 g/mol. The molecular formula is C20H22F4N4O4. The molecule has 32 heavy (non-hydrogen) atoms. The fraction of sp³-hybridized carbons (Fsp3) is 0.500. The number of hydrogen-bond donors (Lipinski definition) is 2. The van der Waals surface area contributed by atoms with Gasteiger partial charge in [-0.3, -0.25) is 9.59 Å². The average molecular weight is 458 g/mol. The third-order valence-corrected chi connectivity index (χ3v) is 5.10. The average Bonchev–Trinajstić information content (AvgIpc) is 3.34. The highest BCUT2D eigenvalue weighted by atomic mass is 19.4. The van der Waals surface area contributed by atoms with Gasteiger partial charge < -0.3 is 20.6 Å². The molecule has 1 saturated heterocycles. The quantitative estimate of drug-likeness (QED) is 0.662. The number of aliphatic carboxylic acids is 1. The number of likely N-dealkylation sites (tertiary alicyclic amines) is 1. The van der Waals surface area contributed by atoms with Crippen LogP contribution in [0.15, 0.2) is 24.3 Å². The summed E-state index contributed by atoms with van der Waals surface area (Å²) in [6, 6.07) is 8.17. The maximum atomic E-state index is 13.4. The van der Waals surface area contributed by atoms with Crippen molar-refractivity contribution >= 4 is 17.8 Å². The van der Waals surface area contributed by atoms with E-state index in [1.165, 1.54) is 4.90 Å². The van der Waals surface area contributed by atoms with Gasteiger partial charge in [-0.2, -0.15) is 18.4 Å². The van der Waals surface area contributed by atoms with E-state index in [0.29, 0.717) is 13.1 Å². The number of carbonyl (C=O) groups is 3. The molecular weight excluding hydrogens is 436 g/mol. The van der Waals surface area contributed by atoms with Crippen LogP contribution in [-0.2, 0) is 27.5 Å². The summed E-state index contributed by atoms with van der Waals surface area (Å²) < 4.78 is 45.2. The molecule has 3 rings (SSSR count). The van der Waals surface area contributed by atoms with Gasteiger partial charge in [0.25, 0.3) is 0 Å². The molecule has 8 nitrogen and oxygen atoms in total. The van der Waals surface area contributed by atoms with Crippen LogP contribution in [0.5, 0.6) is 0 Å². The van der Waals surface area contributed by atoms with Gasteiger partial charge in [0, 0.05) is 25.9 Å². The van der Waals surface area contributed by atoms with Gasteiger partial charge in [-0.1, -0.05) is 24.3 Å². The van der Waals surface area contributed by atoms with E-state index in [0.717, 1.165) is 11.1 Å². The predicted octanol–water partition coefficient (Wildman–Crippen LogP) is 1.73. The number of nitriles is 1. The number of nitrogens with zero attached hydrogens (tertiary/aromatic N) is 3. The molecule has 0 saturated carbocycles. The molecule has 0 aromatic heterocycles. The molecule has 2 amide bonds. The molecule has 2 aliphatic heterocycles. The first-order valence-electron chi connectivity index (χ1n) is 9.68. The number of rotatable bonds is 4. The molecule has 0 spiro atoms. The normalized spacial score (nSPS) is 20.6. The zero-order valence-electron chi connectivity index (χ0n) is 16.9. The maximum absolute atomic E-state index is 13.4. The second-order valence-electron chi connectivity index (χ2n) is 7.44. The third-order valence-electron chi connectivity index (χ3n) is 5.10. The SMILES string of the molecule is N#CC1CC(F)CN1C(=O)C(N)CCC(=O)N1Cc2ccccc2C1.O=C(O)C(F)(F)F. The largest absolute Gasteiger partial charge is 0.490 e. The Balaban J connectivity index is 0.000000451. The van der Waals surface area contributed by atoms with E-state index in [9.17, 15) is 27.2 Å². The number of carboxylic acids is 1. The molecule has 174 valence electrons. The molecule has 2 aliphatic rings. The Morgan fingerprint density at radius 1 is 1.22 bits per heavy atom. The van der Waals surface area contributed by atoms with Gasteiger partial charge in [-0.25, -0.2) is 9.18 Å². The zero-order chi connectivity index (χ0) is 24.1. The van der Waals surface area contributed by atoms with Crippen molar-refractivity contribution in [1.82, 2.24) is 9.80 Å². The molecule has 1 fully saturated rings. The lowest BCUT2D eigenvalue weighted by Gasteiger charge is -2.23. The van der Waals surface area contributed by atoms with Gasteiger partial charge in [0.2, 0.25) is 11.8 Å². The smallest absolute Gasteiger partial charge is 0.475 e. The number of fused-ring (bicyclic) bond motifs is 1. The molecule has 3 unspecified atom stereocenters. The van der Waals surface area contributed by atoms with Gasteiger partial charge in [-0.15, -0.1) is 0 Å². The lowest BCUT2D eigenvalue weighted by molar-refractivity contribution is -0.192. The molecule has 2 heterocycles. The van der Waals surface area contributed by atoms with Crippen LogP contribution in [0.2, 0.25) is 0 Å². The van der Waals surface area contributed by atoms with Crippen molar-refractivity contribution < 1.29 is 37.1 Å². The van der Waals surface area contributed by atoms with Gasteiger partial charge in [-0.05, 0) is 17.5 Å². The molecule has 0 bridgehead atoms. The lowest BCUT2D eigenvalue weighted by atomic mass is 10.1. The molecule has 0 radical (unpaired) electrons. The zero-order valence-corrected chi connectivity index (χ0v) is 16.9. The van der Waals surface area contributed by atoms with E-state index in [1.54, 1.807) is 4.90 Å². The number of halogens is 4. The minimum absolute atomic E-state index is 0.0277. The van der Waals surface area contributed by atoms with Crippen LogP contribution >= 0.6 is 0 Å². The van der Waals surface area contributed by atoms with E-state index in [1.807, 2.05) is 30.3 Å². The molecule has 3 atom stereocenters. The van der Waals surface area contributed by atoms with Crippen LogP contribution < -0.4 is 5.73 Å². The Kier molecular flexibility index (Phi) is 8.15. The second kappa shape index (κ2) is 10.4. The Bertz CT molecular complexity index is 877. The molecule has 1 aromatic rings. The summed E-state index contributed by atoms with van der Waals surface area (Å²) in [6.45, 7) is 1.05. The Morgan fingerprint density at radius 2 is 1.75 bits per heavy atom. The van der Waals surface area contributed by atoms with Crippen molar-refractivity contribution in [1.29, 1.82) is 5.26 Å². The minimum atomic E-state index is -5.08. The lowest BCUT2D eigenvalue weighted by Crippen LogP contribution is -2.46. The van der Waals surface area contributed by atoms with Crippen molar-refractivity contribution in [2.45, 2.75) is 56.8 Å². The van der Waals surface area contributed by atoms with Crippen LogP contribution in [0.3, 0.4) is 0 Å². The van der Waals surface area contributed by atoms with Crippen LogP contribution in [0.1, 0.15) is 30.4 Å². The molecule has 0 aliphatic carbocycles. The van der Waals surface area contributed by atoms with Gasteiger partial charge in [0.05, 0.1) is 18.7 Å². The molecule has 12 heteroatoms. The summed E-state index contributed by atoms with van der Waals surface area (Å²) in [4.78, 5) is 36.5. The van der Waals surface area contributed by atoms with Gasteiger partial charge in [0.15, 0.2) is 0 Å². The van der Waals surface area contributed by atoms with Crippen LogP contribution in [-0.4, -0.2) is 63.7 Å². The van der Waals surface area contributed by atoms with Gasteiger partial charge >= 0.3 is 12.1 Å². The number of benzene rings is 1. The highest BCUT2D eigenvalue weighted by Gasteiger charge is 2.38. The third kappa shape index (κ3) is 6.40. The first kappa shape index (κ1) is 25.1. The first-order valence-corrected chi connectivity index (χ1v) is 9.68. The van der Waals surface area contributed by atoms with Gasteiger partial charge in [0.1, 0.15) is 12.2 Å². The van der Waals surface area contributed by atoms with E-state index in [-0.39, 0.29) is 31.7 Å². The summed E-state index contributed by atoms with van der Waals surface area (Å²) in [5, 5.41) is 16.1. The number of hydrogen-bond acceptors (Lipinski definition) is 5. The number of amides is 2. The standard InChI is InChI=1S/C18H21FN4O2.C2HF3O2/c19-14-7-15(8-20)23(11-14)18(25)16(21)5-6-17(24)22-9-12-3-1-2-4-13(12)10-22;3-2(4,5)1(6)7/h1-4,14-16H,5-7,9-11,21H2;(H,6,7). The van der Waals surface area contributed by atoms with Crippen molar-refractivity contribution in [2.24, 2.45) is 5.73 Å². The van der Waals surface area contributed by atoms with Crippen LogP contribution in [0.4, 0.5) is 17.6 Å². The van der Waals surface area contributed by atoms with Crippen molar-refractivity contribution in [3.8, 4) is 6.07 Å². The van der Waals surface area contributed by atoms with E-state index < -0.39 is 36.3 Å². The fourth-order valence-electron chi connectivity index (χ4n) is 3.43. The summed E-state index contributed by atoms with van der Waals surface area (Å²) in [5.41, 5.74) is 8.17. The van der Waals surface area contributed by atoms with Crippen LogP contribution in [0.25, 0.3) is 0 Å². The number of carboxylic acid groups (broad SMARTS) is 1. The second-order valence-corrected chi connectivity index (χ2v) is 7.44. The minimum Gasteiger partial charge on any atom is -0.475 e. The van der Waals surface area contributed by atoms with Crippen LogP contribution in [0, 0.1) is 11.3 Å². The van der Waals surface area contributed by atoms with E-state index in [2.05, 4.69) is 0 Å². The van der Waals surface area contributed by atoms with Crippen molar-refractivity contribution in [2.75, 3.05) is 6.54 Å². The fourth-order valence-corrected chi connectivity index (χ4v) is 3.43. The number of nitrogens with two attached hydrogens (primary N) is 1. The number of carbonyl (C=O) groups excluding carboxylic acids is 2. The Morgan fingerprint density at radius 3 is 2.22 bits per heavy atom. The summed E-state index contributed by atoms with van der Waals surface area (Å²) in [5.74, 6) is -3.27. The maximum Gasteiger partial charge on any atom is 0.490 e. The van der Waals surface area contributed by atoms with E-state index in [4.69, 9.17) is 20.9 Å². The first-order chi connectivity index (χ1) is 14.9. The summed E-state index contributed by atoms with van der Waals surface area (Å²) in [6.07, 6.45) is -5.90. The van der Waals surface area contributed by atoms with Crippen molar-refractivity contribution in [3.63, 3.8) is 0 Å². The predicted molar refractivity (Wildman–Crippen MR) is 102 cm³/mol. The van der Waals surface area contributed by atoms with Crippen molar-refractivity contribution in [3.05, 3.63) is 35.4 Å². The molecule has 3 N–H and O–H groups in total. The summed E-state index contributed by atoms with van der Waals surface area (Å²) in [7, 11) is 0. The number of alkyl halides is 4. The Labute approximate surface area is 181 Å². The van der Waals surface area contributed by atoms with E-state index >= 15 is 0 Å².